The minimum absolute atomic E-state index is 0.0345. The molecule has 0 radical (unpaired) electrons. The molecule has 0 atom stereocenters. The zero-order valence-corrected chi connectivity index (χ0v) is 10.5. The number of carbonyl (C=O) groups is 2. The van der Waals surface area contributed by atoms with Crippen LogP contribution in [-0.2, 0) is 11.2 Å². The quantitative estimate of drug-likeness (QED) is 0.608. The van der Waals surface area contributed by atoms with Crippen LogP contribution >= 0.6 is 0 Å². The van der Waals surface area contributed by atoms with E-state index >= 15 is 0 Å². The topological polar surface area (TPSA) is 69.4 Å². The van der Waals surface area contributed by atoms with Crippen LogP contribution in [0.5, 0.6) is 0 Å². The van der Waals surface area contributed by atoms with Crippen molar-refractivity contribution in [3.05, 3.63) is 53.7 Å². The van der Waals surface area contributed by atoms with E-state index in [2.05, 4.69) is 9.72 Å². The van der Waals surface area contributed by atoms with Crippen LogP contribution in [0.3, 0.4) is 0 Å². The van der Waals surface area contributed by atoms with Crippen LogP contribution < -0.4 is 0 Å². The number of pyridine rings is 1. The van der Waals surface area contributed by atoms with E-state index in [4.69, 9.17) is 4.42 Å². The molecule has 0 aliphatic carbocycles. The Labute approximate surface area is 110 Å². The Morgan fingerprint density at radius 2 is 2.05 bits per heavy atom. The summed E-state index contributed by atoms with van der Waals surface area (Å²) >= 11 is 0. The molecule has 0 fully saturated rings. The van der Waals surface area contributed by atoms with E-state index in [9.17, 15) is 9.59 Å². The van der Waals surface area contributed by atoms with Gasteiger partial charge in [-0.3, -0.25) is 9.78 Å². The molecule has 2 aromatic rings. The van der Waals surface area contributed by atoms with E-state index < -0.39 is 5.97 Å². The number of nitrogens with zero attached hydrogens (tertiary/aromatic N) is 1. The number of ether oxygens (including phenoxy) is 1. The van der Waals surface area contributed by atoms with Crippen LogP contribution in [0.15, 0.2) is 41.1 Å². The Morgan fingerprint density at radius 3 is 2.74 bits per heavy atom. The van der Waals surface area contributed by atoms with E-state index in [1.54, 1.807) is 12.4 Å². The number of aromatic nitrogens is 1. The van der Waals surface area contributed by atoms with Gasteiger partial charge >= 0.3 is 5.97 Å². The van der Waals surface area contributed by atoms with Crippen molar-refractivity contribution in [2.45, 2.75) is 12.8 Å². The summed E-state index contributed by atoms with van der Waals surface area (Å²) in [6.07, 6.45) is 4.29. The number of rotatable bonds is 5. The molecule has 0 amide bonds. The Balaban J connectivity index is 1.97. The molecule has 2 heterocycles. The molecule has 2 aromatic heterocycles. The second-order valence-electron chi connectivity index (χ2n) is 3.94. The predicted molar refractivity (Wildman–Crippen MR) is 66.9 cm³/mol. The summed E-state index contributed by atoms with van der Waals surface area (Å²) < 4.78 is 9.65. The number of hydrogen-bond donors (Lipinski definition) is 0. The van der Waals surface area contributed by atoms with Crippen LogP contribution in [0.25, 0.3) is 0 Å². The zero-order valence-electron chi connectivity index (χ0n) is 10.5. The molecule has 0 aliphatic rings. The van der Waals surface area contributed by atoms with Crippen molar-refractivity contribution in [1.29, 1.82) is 0 Å². The van der Waals surface area contributed by atoms with Crippen molar-refractivity contribution >= 4 is 11.8 Å². The van der Waals surface area contributed by atoms with Gasteiger partial charge in [0.2, 0.25) is 5.76 Å². The summed E-state index contributed by atoms with van der Waals surface area (Å²) in [5, 5.41) is 0. The van der Waals surface area contributed by atoms with Crippen LogP contribution in [0.1, 0.15) is 33.1 Å². The lowest BCUT2D eigenvalue weighted by atomic mass is 10.1. The van der Waals surface area contributed by atoms with Crippen molar-refractivity contribution in [2.75, 3.05) is 7.11 Å². The molecule has 5 heteroatoms. The highest BCUT2D eigenvalue weighted by Crippen LogP contribution is 2.12. The second-order valence-corrected chi connectivity index (χ2v) is 3.94. The Hall–Kier alpha value is -2.43. The average Bonchev–Trinajstić information content (AvgIpc) is 2.95. The van der Waals surface area contributed by atoms with E-state index in [1.807, 2.05) is 12.1 Å². The summed E-state index contributed by atoms with van der Waals surface area (Å²) in [7, 11) is 1.26. The summed E-state index contributed by atoms with van der Waals surface area (Å²) in [5.74, 6) is -0.540. The number of esters is 1. The third kappa shape index (κ3) is 3.28. The lowest BCUT2D eigenvalue weighted by Gasteiger charge is -1.98. The number of aryl methyl sites for hydroxylation is 1. The lowest BCUT2D eigenvalue weighted by Crippen LogP contribution is -2.01. The zero-order chi connectivity index (χ0) is 13.7. The number of furan rings is 1. The molecule has 98 valence electrons. The molecule has 2 rings (SSSR count). The Kier molecular flexibility index (Phi) is 4.07. The first kappa shape index (κ1) is 13.0. The van der Waals surface area contributed by atoms with Gasteiger partial charge in [0.1, 0.15) is 0 Å². The van der Waals surface area contributed by atoms with Gasteiger partial charge in [0.25, 0.3) is 0 Å². The monoisotopic (exact) mass is 259 g/mol. The Morgan fingerprint density at radius 1 is 1.26 bits per heavy atom. The fourth-order valence-corrected chi connectivity index (χ4v) is 1.63. The van der Waals surface area contributed by atoms with E-state index in [-0.39, 0.29) is 17.3 Å². The molecular weight excluding hydrogens is 246 g/mol. The van der Waals surface area contributed by atoms with Crippen LogP contribution in [0.4, 0.5) is 0 Å². The largest absolute Gasteiger partial charge is 0.463 e. The molecule has 0 bridgehead atoms. The molecular formula is C14H13NO4. The van der Waals surface area contributed by atoms with Crippen molar-refractivity contribution in [2.24, 2.45) is 0 Å². The standard InChI is InChI=1S/C14H13NO4/c1-18-14(17)13-7-6-12(19-13)11(16)5-4-10-3-2-8-15-9-10/h2-3,6-9H,4-5H2,1H3. The first-order chi connectivity index (χ1) is 9.20. The maximum atomic E-state index is 11.9. The van der Waals surface area contributed by atoms with Crippen LogP contribution in [0, 0.1) is 0 Å². The normalized spacial score (nSPS) is 10.2. The van der Waals surface area contributed by atoms with Gasteiger partial charge in [-0.25, -0.2) is 4.79 Å². The van der Waals surface area contributed by atoms with Gasteiger partial charge in [0.15, 0.2) is 11.5 Å². The molecule has 0 saturated heterocycles. The average molecular weight is 259 g/mol. The van der Waals surface area contributed by atoms with Gasteiger partial charge in [-0.15, -0.1) is 0 Å². The van der Waals surface area contributed by atoms with Gasteiger partial charge in [0.05, 0.1) is 7.11 Å². The summed E-state index contributed by atoms with van der Waals surface area (Å²) in [6, 6.07) is 6.64. The molecule has 0 saturated carbocycles. The summed E-state index contributed by atoms with van der Waals surface area (Å²) in [4.78, 5) is 27.0. The third-order valence-electron chi connectivity index (χ3n) is 2.63. The summed E-state index contributed by atoms with van der Waals surface area (Å²) in [6.45, 7) is 0. The fourth-order valence-electron chi connectivity index (χ4n) is 1.63. The first-order valence-electron chi connectivity index (χ1n) is 5.81. The smallest absolute Gasteiger partial charge is 0.373 e. The van der Waals surface area contributed by atoms with Gasteiger partial charge in [0, 0.05) is 18.8 Å². The predicted octanol–water partition coefficient (Wildman–Crippen LogP) is 2.28. The molecule has 0 N–H and O–H groups in total. The summed E-state index contributed by atoms with van der Waals surface area (Å²) in [5.41, 5.74) is 0.982. The van der Waals surface area contributed by atoms with E-state index in [1.165, 1.54) is 19.2 Å². The Bertz CT molecular complexity index is 574. The molecule has 19 heavy (non-hydrogen) atoms. The van der Waals surface area contributed by atoms with E-state index in [0.717, 1.165) is 5.56 Å². The lowest BCUT2D eigenvalue weighted by molar-refractivity contribution is 0.0563. The second kappa shape index (κ2) is 5.95. The van der Waals surface area contributed by atoms with Crippen LogP contribution in [0.2, 0.25) is 0 Å². The highest BCUT2D eigenvalue weighted by molar-refractivity contribution is 5.95. The number of carbonyl (C=O) groups excluding carboxylic acids is 2. The van der Waals surface area contributed by atoms with Crippen molar-refractivity contribution in [3.63, 3.8) is 0 Å². The van der Waals surface area contributed by atoms with Gasteiger partial charge in [-0.05, 0) is 30.2 Å². The van der Waals surface area contributed by atoms with Crippen molar-refractivity contribution in [3.8, 4) is 0 Å². The fraction of sp³-hybridized carbons (Fsp3) is 0.214. The first-order valence-corrected chi connectivity index (χ1v) is 5.81. The highest BCUT2D eigenvalue weighted by Gasteiger charge is 2.15. The molecule has 0 aromatic carbocycles. The van der Waals surface area contributed by atoms with E-state index in [0.29, 0.717) is 12.8 Å². The molecule has 0 aliphatic heterocycles. The maximum Gasteiger partial charge on any atom is 0.373 e. The SMILES string of the molecule is COC(=O)c1ccc(C(=O)CCc2cccnc2)o1. The van der Waals surface area contributed by atoms with Crippen molar-refractivity contribution in [1.82, 2.24) is 4.98 Å². The number of Topliss-reactive ketones (excluding diaryl/α,β-unsaturated/α-hetero) is 1. The van der Waals surface area contributed by atoms with Gasteiger partial charge in [-0.1, -0.05) is 6.07 Å². The van der Waals surface area contributed by atoms with Gasteiger partial charge in [-0.2, -0.15) is 0 Å². The number of hydrogen-bond acceptors (Lipinski definition) is 5. The molecule has 0 unspecified atom stereocenters. The van der Waals surface area contributed by atoms with Crippen molar-refractivity contribution < 1.29 is 18.7 Å². The molecule has 0 spiro atoms. The minimum atomic E-state index is -0.591. The minimum Gasteiger partial charge on any atom is -0.463 e. The van der Waals surface area contributed by atoms with Gasteiger partial charge < -0.3 is 9.15 Å². The number of ketones is 1. The maximum absolute atomic E-state index is 11.9. The highest BCUT2D eigenvalue weighted by atomic mass is 16.5. The van der Waals surface area contributed by atoms with Crippen LogP contribution in [-0.4, -0.2) is 23.8 Å². The number of methoxy groups -OCH3 is 1. The molecule has 5 nitrogen and oxygen atoms in total. The third-order valence-corrected chi connectivity index (χ3v) is 2.63.